The number of amides is 1. The molecule has 0 fully saturated rings. The minimum Gasteiger partial charge on any atom is -0.459 e. The molecule has 0 unspecified atom stereocenters. The summed E-state index contributed by atoms with van der Waals surface area (Å²) in [7, 11) is 0. The molecule has 0 spiro atoms. The minimum absolute atomic E-state index is 0.217. The van der Waals surface area contributed by atoms with Crippen molar-refractivity contribution in [1.29, 1.82) is 0 Å². The number of nitrogens with one attached hydrogen (secondary N) is 1. The van der Waals surface area contributed by atoms with Crippen LogP contribution in [0.3, 0.4) is 0 Å². The van der Waals surface area contributed by atoms with Crippen LogP contribution in [-0.4, -0.2) is 25.7 Å². The smallest absolute Gasteiger partial charge is 0.267 e. The summed E-state index contributed by atoms with van der Waals surface area (Å²) in [5.41, 5.74) is 3.21. The highest BCUT2D eigenvalue weighted by Gasteiger charge is 2.18. The molecule has 0 saturated carbocycles. The first kappa shape index (κ1) is 18.1. The van der Waals surface area contributed by atoms with Crippen molar-refractivity contribution in [2.75, 3.05) is 5.32 Å². The van der Waals surface area contributed by atoms with E-state index in [0.29, 0.717) is 32.8 Å². The molecule has 4 heterocycles. The van der Waals surface area contributed by atoms with Gasteiger partial charge in [-0.1, -0.05) is 0 Å². The molecule has 28 heavy (non-hydrogen) atoms. The van der Waals surface area contributed by atoms with Gasteiger partial charge in [0.1, 0.15) is 10.6 Å². The highest BCUT2D eigenvalue weighted by atomic mass is 32.1. The average Bonchev–Trinajstić information content (AvgIpc) is 3.34. The molecule has 0 aromatic carbocycles. The van der Waals surface area contributed by atoms with E-state index in [-0.39, 0.29) is 5.91 Å². The van der Waals surface area contributed by atoms with Gasteiger partial charge in [0.15, 0.2) is 16.6 Å². The SMILES string of the molecule is Cc1cc(C)n(-c2ccc(NC(=O)c3sc(-c4ccc(C)o4)nc3C)cn2)n1. The van der Waals surface area contributed by atoms with Crippen LogP contribution < -0.4 is 5.32 Å². The van der Waals surface area contributed by atoms with Crippen LogP contribution >= 0.6 is 11.3 Å². The van der Waals surface area contributed by atoms with E-state index in [1.54, 1.807) is 10.9 Å². The van der Waals surface area contributed by atoms with Crippen LogP contribution in [0, 0.1) is 27.7 Å². The van der Waals surface area contributed by atoms with E-state index in [1.807, 2.05) is 58.0 Å². The van der Waals surface area contributed by atoms with Crippen molar-refractivity contribution in [2.45, 2.75) is 27.7 Å². The Hall–Kier alpha value is -3.26. The number of aryl methyl sites for hydroxylation is 4. The zero-order valence-electron chi connectivity index (χ0n) is 16.0. The van der Waals surface area contributed by atoms with Gasteiger partial charge in [-0.25, -0.2) is 14.6 Å². The van der Waals surface area contributed by atoms with Crippen molar-refractivity contribution in [1.82, 2.24) is 19.7 Å². The number of rotatable bonds is 4. The van der Waals surface area contributed by atoms with Crippen molar-refractivity contribution in [3.05, 3.63) is 64.2 Å². The van der Waals surface area contributed by atoms with Gasteiger partial charge in [-0.2, -0.15) is 5.10 Å². The van der Waals surface area contributed by atoms with E-state index in [1.165, 1.54) is 11.3 Å². The van der Waals surface area contributed by atoms with E-state index in [0.717, 1.165) is 17.1 Å². The lowest BCUT2D eigenvalue weighted by molar-refractivity contribution is 0.102. The van der Waals surface area contributed by atoms with Gasteiger partial charge in [0.25, 0.3) is 5.91 Å². The Labute approximate surface area is 166 Å². The molecule has 1 amide bonds. The van der Waals surface area contributed by atoms with Gasteiger partial charge in [-0.15, -0.1) is 11.3 Å². The molecule has 0 aliphatic heterocycles. The molecule has 0 bridgehead atoms. The van der Waals surface area contributed by atoms with E-state index in [4.69, 9.17) is 4.42 Å². The van der Waals surface area contributed by atoms with Gasteiger partial charge in [0.05, 0.1) is 23.3 Å². The second kappa shape index (κ2) is 7.05. The predicted molar refractivity (Wildman–Crippen MR) is 108 cm³/mol. The van der Waals surface area contributed by atoms with E-state index in [9.17, 15) is 4.79 Å². The third-order valence-electron chi connectivity index (χ3n) is 4.19. The highest BCUT2D eigenvalue weighted by Crippen LogP contribution is 2.29. The third-order valence-corrected chi connectivity index (χ3v) is 5.36. The normalized spacial score (nSPS) is 11.0. The van der Waals surface area contributed by atoms with Crippen LogP contribution in [0.4, 0.5) is 5.69 Å². The molecule has 4 aromatic rings. The van der Waals surface area contributed by atoms with Crippen LogP contribution in [0.15, 0.2) is 40.9 Å². The molecule has 1 N–H and O–H groups in total. The summed E-state index contributed by atoms with van der Waals surface area (Å²) < 4.78 is 7.37. The number of thiazole rings is 1. The first-order valence-corrected chi connectivity index (χ1v) is 9.57. The van der Waals surface area contributed by atoms with Crippen molar-refractivity contribution in [3.8, 4) is 16.6 Å². The number of hydrogen-bond donors (Lipinski definition) is 1. The largest absolute Gasteiger partial charge is 0.459 e. The van der Waals surface area contributed by atoms with Crippen molar-refractivity contribution in [2.24, 2.45) is 0 Å². The third kappa shape index (κ3) is 3.46. The second-order valence-corrected chi connectivity index (χ2v) is 7.54. The maximum atomic E-state index is 12.7. The number of furan rings is 1. The quantitative estimate of drug-likeness (QED) is 0.553. The molecule has 0 aliphatic carbocycles. The molecule has 0 radical (unpaired) electrons. The zero-order valence-corrected chi connectivity index (χ0v) is 16.8. The fourth-order valence-electron chi connectivity index (χ4n) is 2.90. The Balaban J connectivity index is 1.52. The summed E-state index contributed by atoms with van der Waals surface area (Å²) in [6.07, 6.45) is 1.62. The molecular weight excluding hydrogens is 374 g/mol. The fourth-order valence-corrected chi connectivity index (χ4v) is 3.82. The van der Waals surface area contributed by atoms with Gasteiger partial charge in [-0.05, 0) is 58.0 Å². The first-order valence-electron chi connectivity index (χ1n) is 8.76. The summed E-state index contributed by atoms with van der Waals surface area (Å²) in [5.74, 6) is 1.96. The topological polar surface area (TPSA) is 85.8 Å². The van der Waals surface area contributed by atoms with Crippen LogP contribution in [0.5, 0.6) is 0 Å². The highest BCUT2D eigenvalue weighted by molar-refractivity contribution is 7.17. The monoisotopic (exact) mass is 393 g/mol. The lowest BCUT2D eigenvalue weighted by Crippen LogP contribution is -2.12. The Morgan fingerprint density at radius 3 is 2.57 bits per heavy atom. The first-order chi connectivity index (χ1) is 13.4. The van der Waals surface area contributed by atoms with Crippen LogP contribution in [0.25, 0.3) is 16.6 Å². The summed E-state index contributed by atoms with van der Waals surface area (Å²) in [5, 5.41) is 7.98. The van der Waals surface area contributed by atoms with E-state index >= 15 is 0 Å². The molecule has 8 heteroatoms. The van der Waals surface area contributed by atoms with Gasteiger partial charge in [0, 0.05) is 5.69 Å². The van der Waals surface area contributed by atoms with Gasteiger partial charge >= 0.3 is 0 Å². The molecular formula is C20H19N5O2S. The maximum absolute atomic E-state index is 12.7. The molecule has 0 aliphatic rings. The standard InChI is InChI=1S/C20H19N5O2S/c1-11-9-12(2)25(24-11)17-8-6-15(10-21-17)23-19(26)18-14(4)22-20(28-18)16-7-5-13(3)27-16/h5-10H,1-4H3,(H,23,26). The van der Waals surface area contributed by atoms with Crippen LogP contribution in [-0.2, 0) is 0 Å². The summed E-state index contributed by atoms with van der Waals surface area (Å²) >= 11 is 1.31. The Morgan fingerprint density at radius 1 is 1.14 bits per heavy atom. The summed E-state index contributed by atoms with van der Waals surface area (Å²) in [4.78, 5) is 22.1. The fraction of sp³-hybridized carbons (Fsp3) is 0.200. The van der Waals surface area contributed by atoms with Gasteiger partial charge < -0.3 is 9.73 Å². The maximum Gasteiger partial charge on any atom is 0.267 e. The van der Waals surface area contributed by atoms with Crippen molar-refractivity contribution < 1.29 is 9.21 Å². The zero-order chi connectivity index (χ0) is 19.8. The van der Waals surface area contributed by atoms with E-state index in [2.05, 4.69) is 20.4 Å². The molecule has 0 saturated heterocycles. The average molecular weight is 393 g/mol. The second-order valence-electron chi connectivity index (χ2n) is 6.54. The van der Waals surface area contributed by atoms with Crippen LogP contribution in [0.1, 0.15) is 32.5 Å². The Bertz CT molecular complexity index is 1150. The molecule has 0 atom stereocenters. The number of nitrogens with zero attached hydrogens (tertiary/aromatic N) is 4. The number of anilines is 1. The lowest BCUT2D eigenvalue weighted by atomic mass is 10.3. The number of carbonyl (C=O) groups excluding carboxylic acids is 1. The Morgan fingerprint density at radius 2 is 1.96 bits per heavy atom. The number of pyridine rings is 1. The number of hydrogen-bond acceptors (Lipinski definition) is 6. The number of aromatic nitrogens is 4. The van der Waals surface area contributed by atoms with Crippen molar-refractivity contribution in [3.63, 3.8) is 0 Å². The van der Waals surface area contributed by atoms with Gasteiger partial charge in [0.2, 0.25) is 0 Å². The Kier molecular flexibility index (Phi) is 4.56. The van der Waals surface area contributed by atoms with Gasteiger partial charge in [-0.3, -0.25) is 4.79 Å². The van der Waals surface area contributed by atoms with Crippen LogP contribution in [0.2, 0.25) is 0 Å². The minimum atomic E-state index is -0.217. The molecule has 4 aromatic heterocycles. The van der Waals surface area contributed by atoms with E-state index < -0.39 is 0 Å². The number of carbonyl (C=O) groups is 1. The van der Waals surface area contributed by atoms with Crippen molar-refractivity contribution >= 4 is 22.9 Å². The summed E-state index contributed by atoms with van der Waals surface area (Å²) in [6.45, 7) is 7.60. The molecule has 4 rings (SSSR count). The molecule has 142 valence electrons. The lowest BCUT2D eigenvalue weighted by Gasteiger charge is -2.06. The molecule has 7 nitrogen and oxygen atoms in total. The summed E-state index contributed by atoms with van der Waals surface area (Å²) in [6, 6.07) is 9.36. The predicted octanol–water partition coefficient (Wildman–Crippen LogP) is 4.47.